The lowest BCUT2D eigenvalue weighted by atomic mass is 10.1. The molecule has 7 heteroatoms. The number of para-hydroxylation sites is 1. The Kier molecular flexibility index (Phi) is 5.05. The van der Waals surface area contributed by atoms with Crippen LogP contribution in [0.5, 0.6) is 0 Å². The van der Waals surface area contributed by atoms with Crippen LogP contribution in [-0.4, -0.2) is 22.6 Å². The largest absolute Gasteiger partial charge is 0.387 e. The van der Waals surface area contributed by atoms with Crippen molar-refractivity contribution in [3.63, 3.8) is 0 Å². The van der Waals surface area contributed by atoms with E-state index in [1.807, 2.05) is 6.07 Å². The van der Waals surface area contributed by atoms with Crippen molar-refractivity contribution in [2.45, 2.75) is 6.10 Å². The second-order valence-corrected chi connectivity index (χ2v) is 4.57. The van der Waals surface area contributed by atoms with E-state index in [2.05, 4.69) is 10.6 Å². The maximum absolute atomic E-state index is 11.7. The molecular weight excluding hydrogens is 286 g/mol. The molecule has 0 aliphatic rings. The Morgan fingerprint density at radius 2 is 1.77 bits per heavy atom. The summed E-state index contributed by atoms with van der Waals surface area (Å²) in [5, 5.41) is 25.7. The third-order valence-corrected chi connectivity index (χ3v) is 2.98. The smallest absolute Gasteiger partial charge is 0.319 e. The van der Waals surface area contributed by atoms with Gasteiger partial charge in [-0.15, -0.1) is 0 Å². The average molecular weight is 301 g/mol. The van der Waals surface area contributed by atoms with E-state index in [0.717, 1.165) is 0 Å². The van der Waals surface area contributed by atoms with Crippen LogP contribution in [0.1, 0.15) is 11.7 Å². The first-order valence-electron chi connectivity index (χ1n) is 6.58. The first kappa shape index (κ1) is 15.5. The predicted octanol–water partition coefficient (Wildman–Crippen LogP) is 2.45. The van der Waals surface area contributed by atoms with Crippen LogP contribution in [0.3, 0.4) is 0 Å². The quantitative estimate of drug-likeness (QED) is 0.582. The average Bonchev–Trinajstić information content (AvgIpc) is 2.53. The van der Waals surface area contributed by atoms with E-state index in [1.165, 1.54) is 24.3 Å². The third kappa shape index (κ3) is 4.29. The van der Waals surface area contributed by atoms with E-state index in [9.17, 15) is 20.0 Å². The van der Waals surface area contributed by atoms with Crippen LogP contribution in [0.4, 0.5) is 16.2 Å². The second-order valence-electron chi connectivity index (χ2n) is 4.57. The van der Waals surface area contributed by atoms with Gasteiger partial charge in [-0.1, -0.05) is 18.2 Å². The van der Waals surface area contributed by atoms with Crippen LogP contribution < -0.4 is 10.6 Å². The molecule has 0 spiro atoms. The SMILES string of the molecule is O=C(NC[C@H](O)c1ccc([N+](=O)[O-])cc1)Nc1ccccc1. The van der Waals surface area contributed by atoms with Gasteiger partial charge in [-0.3, -0.25) is 10.1 Å². The summed E-state index contributed by atoms with van der Waals surface area (Å²) in [4.78, 5) is 21.7. The number of nitrogens with one attached hydrogen (secondary N) is 2. The van der Waals surface area contributed by atoms with E-state index in [-0.39, 0.29) is 12.2 Å². The lowest BCUT2D eigenvalue weighted by Crippen LogP contribution is -2.32. The lowest BCUT2D eigenvalue weighted by molar-refractivity contribution is -0.384. The van der Waals surface area contributed by atoms with Crippen molar-refractivity contribution in [3.8, 4) is 0 Å². The molecule has 2 amide bonds. The van der Waals surface area contributed by atoms with Crippen LogP contribution >= 0.6 is 0 Å². The van der Waals surface area contributed by atoms with Crippen molar-refractivity contribution >= 4 is 17.4 Å². The molecule has 2 aromatic carbocycles. The molecule has 0 aliphatic carbocycles. The number of hydrogen-bond donors (Lipinski definition) is 3. The number of nitro benzene ring substituents is 1. The second kappa shape index (κ2) is 7.19. The van der Waals surface area contributed by atoms with E-state index in [0.29, 0.717) is 11.3 Å². The van der Waals surface area contributed by atoms with Gasteiger partial charge in [-0.2, -0.15) is 0 Å². The highest BCUT2D eigenvalue weighted by molar-refractivity contribution is 5.89. The molecule has 1 atom stereocenters. The molecule has 0 heterocycles. The van der Waals surface area contributed by atoms with Crippen LogP contribution in [0, 0.1) is 10.1 Å². The molecule has 0 saturated heterocycles. The van der Waals surface area contributed by atoms with Gasteiger partial charge < -0.3 is 15.7 Å². The minimum Gasteiger partial charge on any atom is -0.387 e. The molecule has 0 radical (unpaired) electrons. The zero-order valence-electron chi connectivity index (χ0n) is 11.6. The van der Waals surface area contributed by atoms with Crippen molar-refractivity contribution < 1.29 is 14.8 Å². The van der Waals surface area contributed by atoms with Gasteiger partial charge >= 0.3 is 6.03 Å². The van der Waals surface area contributed by atoms with E-state index < -0.39 is 17.1 Å². The fourth-order valence-corrected chi connectivity index (χ4v) is 1.82. The number of rotatable bonds is 5. The van der Waals surface area contributed by atoms with Gasteiger partial charge in [0, 0.05) is 24.4 Å². The molecule has 0 fully saturated rings. The number of hydrogen-bond acceptors (Lipinski definition) is 4. The van der Waals surface area contributed by atoms with Gasteiger partial charge in [0.05, 0.1) is 11.0 Å². The number of anilines is 1. The number of carbonyl (C=O) groups is 1. The zero-order chi connectivity index (χ0) is 15.9. The number of carbonyl (C=O) groups excluding carboxylic acids is 1. The Morgan fingerprint density at radius 1 is 1.14 bits per heavy atom. The summed E-state index contributed by atoms with van der Waals surface area (Å²) < 4.78 is 0. The summed E-state index contributed by atoms with van der Waals surface area (Å²) in [7, 11) is 0. The van der Waals surface area contributed by atoms with Crippen molar-refractivity contribution in [3.05, 3.63) is 70.3 Å². The number of nitrogens with zero attached hydrogens (tertiary/aromatic N) is 1. The van der Waals surface area contributed by atoms with Gasteiger partial charge in [-0.25, -0.2) is 4.79 Å². The molecule has 2 rings (SSSR count). The molecule has 7 nitrogen and oxygen atoms in total. The number of nitro groups is 1. The Morgan fingerprint density at radius 3 is 2.36 bits per heavy atom. The van der Waals surface area contributed by atoms with Crippen LogP contribution in [0.25, 0.3) is 0 Å². The van der Waals surface area contributed by atoms with Gasteiger partial charge in [0.25, 0.3) is 5.69 Å². The third-order valence-electron chi connectivity index (χ3n) is 2.98. The fourth-order valence-electron chi connectivity index (χ4n) is 1.82. The van der Waals surface area contributed by atoms with E-state index in [1.54, 1.807) is 24.3 Å². The lowest BCUT2D eigenvalue weighted by Gasteiger charge is -2.13. The Bertz CT molecular complexity index is 644. The highest BCUT2D eigenvalue weighted by Crippen LogP contribution is 2.17. The van der Waals surface area contributed by atoms with E-state index >= 15 is 0 Å². The molecule has 0 bridgehead atoms. The summed E-state index contributed by atoms with van der Waals surface area (Å²) in [5.74, 6) is 0. The minimum absolute atomic E-state index is 0.00349. The summed E-state index contributed by atoms with van der Waals surface area (Å²) in [6, 6.07) is 14.0. The molecule has 0 unspecified atom stereocenters. The maximum atomic E-state index is 11.7. The molecule has 114 valence electrons. The molecule has 3 N–H and O–H groups in total. The zero-order valence-corrected chi connectivity index (χ0v) is 11.6. The van der Waals surface area contributed by atoms with Crippen LogP contribution in [0.2, 0.25) is 0 Å². The summed E-state index contributed by atoms with van der Waals surface area (Å²) in [5.41, 5.74) is 1.08. The molecule has 0 aliphatic heterocycles. The monoisotopic (exact) mass is 301 g/mol. The normalized spacial score (nSPS) is 11.5. The standard InChI is InChI=1S/C15H15N3O4/c19-14(11-6-8-13(9-7-11)18(21)22)10-16-15(20)17-12-4-2-1-3-5-12/h1-9,14,19H,10H2,(H2,16,17,20)/t14-/m0/s1. The first-order chi connectivity index (χ1) is 10.6. The number of aliphatic hydroxyl groups excluding tert-OH is 1. The fraction of sp³-hybridized carbons (Fsp3) is 0.133. The summed E-state index contributed by atoms with van der Waals surface area (Å²) in [6.07, 6.45) is -0.942. The molecule has 0 saturated carbocycles. The number of non-ortho nitro benzene ring substituents is 1. The molecule has 0 aromatic heterocycles. The Balaban J connectivity index is 1.85. The van der Waals surface area contributed by atoms with Gasteiger partial charge in [0.2, 0.25) is 0 Å². The number of amides is 2. The van der Waals surface area contributed by atoms with Crippen LogP contribution in [-0.2, 0) is 0 Å². The number of urea groups is 1. The maximum Gasteiger partial charge on any atom is 0.319 e. The molecule has 2 aromatic rings. The van der Waals surface area contributed by atoms with Crippen molar-refractivity contribution in [1.29, 1.82) is 0 Å². The first-order valence-corrected chi connectivity index (χ1v) is 6.58. The van der Waals surface area contributed by atoms with Crippen LogP contribution in [0.15, 0.2) is 54.6 Å². The highest BCUT2D eigenvalue weighted by Gasteiger charge is 2.11. The topological polar surface area (TPSA) is 104 Å². The molecule has 22 heavy (non-hydrogen) atoms. The molecular formula is C15H15N3O4. The summed E-state index contributed by atoms with van der Waals surface area (Å²) in [6.45, 7) is -0.00349. The van der Waals surface area contributed by atoms with Crippen molar-refractivity contribution in [1.82, 2.24) is 5.32 Å². The van der Waals surface area contributed by atoms with E-state index in [4.69, 9.17) is 0 Å². The number of aliphatic hydroxyl groups is 1. The Labute approximate surface area is 126 Å². The summed E-state index contributed by atoms with van der Waals surface area (Å²) >= 11 is 0. The highest BCUT2D eigenvalue weighted by atomic mass is 16.6. The Hall–Kier alpha value is -2.93. The predicted molar refractivity (Wildman–Crippen MR) is 81.5 cm³/mol. The van der Waals surface area contributed by atoms with Gasteiger partial charge in [0.15, 0.2) is 0 Å². The number of benzene rings is 2. The van der Waals surface area contributed by atoms with Crippen molar-refractivity contribution in [2.24, 2.45) is 0 Å². The van der Waals surface area contributed by atoms with Gasteiger partial charge in [-0.05, 0) is 29.8 Å². The van der Waals surface area contributed by atoms with Crippen molar-refractivity contribution in [2.75, 3.05) is 11.9 Å². The minimum atomic E-state index is -0.942. The van der Waals surface area contributed by atoms with Gasteiger partial charge in [0.1, 0.15) is 0 Å².